The molecule has 9 heteroatoms. The molecule has 1 unspecified atom stereocenters. The first kappa shape index (κ1) is 27.0. The van der Waals surface area contributed by atoms with E-state index in [2.05, 4.69) is 51.4 Å². The predicted octanol–water partition coefficient (Wildman–Crippen LogP) is 4.36. The molecule has 8 nitrogen and oxygen atoms in total. The van der Waals surface area contributed by atoms with E-state index >= 15 is 0 Å². The number of piperidine rings is 1. The second-order valence-electron chi connectivity index (χ2n) is 9.95. The minimum absolute atomic E-state index is 0.445. The topological polar surface area (TPSA) is 104 Å². The molecule has 198 valence electrons. The molecule has 0 bridgehead atoms. The number of hydrogen-bond donors (Lipinski definition) is 2. The highest BCUT2D eigenvalue weighted by atomic mass is 32.1. The Bertz CT molecular complexity index is 1170. The summed E-state index contributed by atoms with van der Waals surface area (Å²) in [6.45, 7) is 9.09. The van der Waals surface area contributed by atoms with Gasteiger partial charge in [-0.15, -0.1) is 11.3 Å². The molecule has 2 fully saturated rings. The van der Waals surface area contributed by atoms with Gasteiger partial charge in [-0.25, -0.2) is 9.97 Å². The van der Waals surface area contributed by atoms with Crippen LogP contribution in [0.25, 0.3) is 10.2 Å². The van der Waals surface area contributed by atoms with Crippen LogP contribution in [0.1, 0.15) is 50.1 Å². The zero-order valence-corrected chi connectivity index (χ0v) is 22.7. The SMILES string of the molecule is CCc1cc(NC(=O)C(=O)N2CCCC(C)C2)cnc1N.c1ccc2sc(CCN3CCCC3)nc2c1. The highest BCUT2D eigenvalue weighted by molar-refractivity contribution is 7.18. The molecular formula is C28H38N6O2S. The summed E-state index contributed by atoms with van der Waals surface area (Å²) in [4.78, 5) is 37.0. The monoisotopic (exact) mass is 522 g/mol. The van der Waals surface area contributed by atoms with Crippen molar-refractivity contribution >= 4 is 44.9 Å². The summed E-state index contributed by atoms with van der Waals surface area (Å²) >= 11 is 1.84. The van der Waals surface area contributed by atoms with Gasteiger partial charge in [0.1, 0.15) is 5.82 Å². The largest absolute Gasteiger partial charge is 0.383 e. The van der Waals surface area contributed by atoms with Gasteiger partial charge in [-0.3, -0.25) is 9.59 Å². The lowest BCUT2D eigenvalue weighted by Crippen LogP contribution is -2.44. The van der Waals surface area contributed by atoms with Crippen LogP contribution in [0.15, 0.2) is 36.5 Å². The molecule has 4 heterocycles. The number of hydrogen-bond acceptors (Lipinski definition) is 7. The van der Waals surface area contributed by atoms with E-state index in [-0.39, 0.29) is 0 Å². The molecule has 3 N–H and O–H groups in total. The van der Waals surface area contributed by atoms with Crippen molar-refractivity contribution < 1.29 is 9.59 Å². The van der Waals surface area contributed by atoms with Gasteiger partial charge in [-0.1, -0.05) is 26.0 Å². The number of rotatable bonds is 5. The van der Waals surface area contributed by atoms with Crippen molar-refractivity contribution in [2.24, 2.45) is 5.92 Å². The van der Waals surface area contributed by atoms with Crippen molar-refractivity contribution in [3.8, 4) is 0 Å². The van der Waals surface area contributed by atoms with E-state index in [1.165, 1.54) is 48.4 Å². The number of aryl methyl sites for hydroxylation is 1. The fourth-order valence-electron chi connectivity index (χ4n) is 4.86. The Morgan fingerprint density at radius 2 is 1.95 bits per heavy atom. The number of carbonyl (C=O) groups is 2. The number of para-hydroxylation sites is 1. The average Bonchev–Trinajstić information content (AvgIpc) is 3.58. The first-order valence-corrected chi connectivity index (χ1v) is 14.2. The maximum Gasteiger partial charge on any atom is 0.313 e. The van der Waals surface area contributed by atoms with E-state index in [0.29, 0.717) is 30.5 Å². The van der Waals surface area contributed by atoms with Crippen LogP contribution in [0.2, 0.25) is 0 Å². The van der Waals surface area contributed by atoms with Gasteiger partial charge in [0.05, 0.1) is 27.1 Å². The van der Waals surface area contributed by atoms with Crippen molar-refractivity contribution in [1.82, 2.24) is 19.8 Å². The number of amides is 2. The zero-order valence-electron chi connectivity index (χ0n) is 21.9. The standard InChI is InChI=1S/C15H22N4O2.C13H16N2S/c1-3-11-7-12(8-17-13(11)16)18-14(20)15(21)19-6-4-5-10(2)9-19;1-2-6-12-11(5-1)14-13(16-12)7-10-15-8-3-4-9-15/h7-8,10H,3-6,9H2,1-2H3,(H2,16,17)(H,18,20);1-2,5-6H,3-4,7-10H2. The number of benzene rings is 1. The van der Waals surface area contributed by atoms with Gasteiger partial charge in [0.2, 0.25) is 0 Å². The lowest BCUT2D eigenvalue weighted by atomic mass is 10.0. The summed E-state index contributed by atoms with van der Waals surface area (Å²) in [5, 5.41) is 3.89. The van der Waals surface area contributed by atoms with Crippen LogP contribution >= 0.6 is 11.3 Å². The summed E-state index contributed by atoms with van der Waals surface area (Å²) in [7, 11) is 0. The Balaban J connectivity index is 0.000000179. The summed E-state index contributed by atoms with van der Waals surface area (Å²) in [5.41, 5.74) is 8.24. The molecule has 0 spiro atoms. The summed E-state index contributed by atoms with van der Waals surface area (Å²) in [6, 6.07) is 10.2. The zero-order chi connectivity index (χ0) is 26.2. The van der Waals surface area contributed by atoms with Crippen molar-refractivity contribution in [2.75, 3.05) is 43.8 Å². The third-order valence-corrected chi connectivity index (χ3v) is 8.05. The third kappa shape index (κ3) is 7.49. The maximum absolute atomic E-state index is 12.1. The van der Waals surface area contributed by atoms with Gasteiger partial charge >= 0.3 is 11.8 Å². The molecule has 0 aliphatic carbocycles. The second kappa shape index (κ2) is 13.0. The van der Waals surface area contributed by atoms with Gasteiger partial charge in [0.15, 0.2) is 0 Å². The number of nitrogens with two attached hydrogens (primary N) is 1. The third-order valence-electron chi connectivity index (χ3n) is 6.96. The lowest BCUT2D eigenvalue weighted by Gasteiger charge is -2.30. The van der Waals surface area contributed by atoms with Gasteiger partial charge in [-0.2, -0.15) is 0 Å². The molecule has 2 aliphatic rings. The van der Waals surface area contributed by atoms with Crippen LogP contribution < -0.4 is 11.1 Å². The number of nitrogens with zero attached hydrogens (tertiary/aromatic N) is 4. The Kier molecular flexibility index (Phi) is 9.46. The fraction of sp³-hybridized carbons (Fsp3) is 0.500. The van der Waals surface area contributed by atoms with Crippen LogP contribution in [0.4, 0.5) is 11.5 Å². The number of fused-ring (bicyclic) bond motifs is 1. The molecule has 2 aromatic heterocycles. The number of pyridine rings is 1. The summed E-state index contributed by atoms with van der Waals surface area (Å²) < 4.78 is 1.32. The number of carbonyl (C=O) groups excluding carboxylic acids is 2. The van der Waals surface area contributed by atoms with Gasteiger partial charge in [-0.05, 0) is 74.9 Å². The molecule has 5 rings (SSSR count). The predicted molar refractivity (Wildman–Crippen MR) is 151 cm³/mol. The van der Waals surface area contributed by atoms with Crippen molar-refractivity contribution in [3.63, 3.8) is 0 Å². The van der Waals surface area contributed by atoms with Crippen LogP contribution in [0.3, 0.4) is 0 Å². The number of nitrogens with one attached hydrogen (secondary N) is 1. The number of aromatic nitrogens is 2. The first-order valence-electron chi connectivity index (χ1n) is 13.3. The molecule has 1 atom stereocenters. The highest BCUT2D eigenvalue weighted by Crippen LogP contribution is 2.22. The van der Waals surface area contributed by atoms with Crippen LogP contribution in [-0.2, 0) is 22.4 Å². The normalized spacial score (nSPS) is 17.9. The van der Waals surface area contributed by atoms with Crippen LogP contribution in [0.5, 0.6) is 0 Å². The number of likely N-dealkylation sites (tertiary alicyclic amines) is 2. The molecule has 1 aromatic carbocycles. The van der Waals surface area contributed by atoms with Crippen LogP contribution in [0, 0.1) is 5.92 Å². The van der Waals surface area contributed by atoms with Gasteiger partial charge in [0.25, 0.3) is 0 Å². The molecule has 0 saturated carbocycles. The van der Waals surface area contributed by atoms with E-state index in [4.69, 9.17) is 5.73 Å². The van der Waals surface area contributed by atoms with E-state index in [0.717, 1.165) is 36.8 Å². The molecular weight excluding hydrogens is 484 g/mol. The minimum atomic E-state index is -0.613. The maximum atomic E-state index is 12.1. The van der Waals surface area contributed by atoms with E-state index < -0.39 is 11.8 Å². The Morgan fingerprint density at radius 1 is 1.16 bits per heavy atom. The average molecular weight is 523 g/mol. The minimum Gasteiger partial charge on any atom is -0.383 e. The second-order valence-corrected chi connectivity index (χ2v) is 11.1. The summed E-state index contributed by atoms with van der Waals surface area (Å²) in [5.74, 6) is -0.193. The Morgan fingerprint density at radius 3 is 2.68 bits per heavy atom. The van der Waals surface area contributed by atoms with E-state index in [9.17, 15) is 9.59 Å². The molecule has 2 saturated heterocycles. The van der Waals surface area contributed by atoms with Crippen LogP contribution in [-0.4, -0.2) is 64.3 Å². The van der Waals surface area contributed by atoms with E-state index in [1.54, 1.807) is 11.0 Å². The first-order chi connectivity index (χ1) is 17.9. The van der Waals surface area contributed by atoms with Gasteiger partial charge in [0, 0.05) is 26.1 Å². The quantitative estimate of drug-likeness (QED) is 0.483. The lowest BCUT2D eigenvalue weighted by molar-refractivity contribution is -0.144. The number of anilines is 2. The van der Waals surface area contributed by atoms with Gasteiger partial charge < -0.3 is 20.9 Å². The smallest absolute Gasteiger partial charge is 0.313 e. The summed E-state index contributed by atoms with van der Waals surface area (Å²) in [6.07, 6.45) is 8.11. The van der Waals surface area contributed by atoms with Crippen molar-refractivity contribution in [2.45, 2.75) is 52.4 Å². The number of nitrogen functional groups attached to an aromatic ring is 1. The molecule has 2 amide bonds. The Labute approximate surface area is 223 Å². The molecule has 3 aromatic rings. The van der Waals surface area contributed by atoms with E-state index in [1.807, 2.05) is 18.3 Å². The fourth-order valence-corrected chi connectivity index (χ4v) is 5.82. The Hall–Kier alpha value is -3.04. The van der Waals surface area contributed by atoms with Crippen molar-refractivity contribution in [3.05, 3.63) is 47.1 Å². The molecule has 0 radical (unpaired) electrons. The highest BCUT2D eigenvalue weighted by Gasteiger charge is 2.26. The molecule has 2 aliphatic heterocycles. The number of thiazole rings is 1. The van der Waals surface area contributed by atoms with Crippen molar-refractivity contribution in [1.29, 1.82) is 0 Å². The molecule has 37 heavy (non-hydrogen) atoms.